The van der Waals surface area contributed by atoms with Crippen LogP contribution in [0.25, 0.3) is 0 Å². The number of nitrogens with zero attached hydrogens (tertiary/aromatic N) is 3. The predicted octanol–water partition coefficient (Wildman–Crippen LogP) is 1.43. The number of amides is 1. The van der Waals surface area contributed by atoms with Crippen molar-refractivity contribution in [2.24, 2.45) is 4.99 Å². The molecule has 2 N–H and O–H groups in total. The van der Waals surface area contributed by atoms with E-state index in [-0.39, 0.29) is 36.4 Å². The van der Waals surface area contributed by atoms with E-state index in [4.69, 9.17) is 0 Å². The van der Waals surface area contributed by atoms with Gasteiger partial charge in [-0.05, 0) is 33.1 Å². The minimum Gasteiger partial charge on any atom is -0.353 e. The molecule has 2 fully saturated rings. The number of guanidine groups is 1. The van der Waals surface area contributed by atoms with Gasteiger partial charge in [0.05, 0.1) is 0 Å². The van der Waals surface area contributed by atoms with Crippen LogP contribution < -0.4 is 10.6 Å². The number of halogens is 1. The molecule has 2 unspecified atom stereocenters. The lowest BCUT2D eigenvalue weighted by atomic mass is 10.2. The molecular weight excluding hydrogens is 417 g/mol. The summed E-state index contributed by atoms with van der Waals surface area (Å²) in [4.78, 5) is 20.4. The average Bonchev–Trinajstić information content (AvgIpc) is 3.25. The monoisotopic (exact) mass is 449 g/mol. The van der Waals surface area contributed by atoms with Crippen LogP contribution in [0.4, 0.5) is 0 Å². The van der Waals surface area contributed by atoms with Crippen molar-refractivity contribution in [3.63, 3.8) is 0 Å². The first kappa shape index (κ1) is 21.2. The second-order valence-electron chi connectivity index (χ2n) is 7.12. The Kier molecular flexibility index (Phi) is 8.49. The van der Waals surface area contributed by atoms with Crippen LogP contribution in [-0.4, -0.2) is 73.5 Å². The number of hydrogen-bond donors (Lipinski definition) is 2. The second kappa shape index (κ2) is 9.60. The predicted molar refractivity (Wildman–Crippen MR) is 110 cm³/mol. The maximum Gasteiger partial charge on any atom is 0.243 e. The van der Waals surface area contributed by atoms with Gasteiger partial charge in [0, 0.05) is 45.3 Å². The van der Waals surface area contributed by atoms with Gasteiger partial charge in [0.25, 0.3) is 0 Å². The van der Waals surface area contributed by atoms with E-state index in [1.54, 1.807) is 19.0 Å². The molecule has 1 amide bonds. The van der Waals surface area contributed by atoms with Gasteiger partial charge in [0.2, 0.25) is 5.91 Å². The van der Waals surface area contributed by atoms with E-state index in [2.05, 4.69) is 34.0 Å². The summed E-state index contributed by atoms with van der Waals surface area (Å²) in [7, 11) is 3.50. The van der Waals surface area contributed by atoms with Crippen molar-refractivity contribution in [2.75, 3.05) is 33.7 Å². The molecule has 0 spiro atoms. The van der Waals surface area contributed by atoms with Crippen LogP contribution in [0.1, 0.15) is 33.1 Å². The van der Waals surface area contributed by atoms with Crippen LogP contribution in [-0.2, 0) is 4.79 Å². The molecule has 0 radical (unpaired) electrons. The highest BCUT2D eigenvalue weighted by atomic mass is 127. The average molecular weight is 449 g/mol. The number of rotatable bonds is 6. The summed E-state index contributed by atoms with van der Waals surface area (Å²) in [5.74, 6) is 0.707. The molecule has 1 heterocycles. The van der Waals surface area contributed by atoms with Crippen molar-refractivity contribution in [1.82, 2.24) is 20.4 Å². The fourth-order valence-corrected chi connectivity index (χ4v) is 2.94. The molecule has 0 aromatic carbocycles. The molecule has 2 aliphatic rings. The Bertz CT molecular complexity index is 476. The Morgan fingerprint density at radius 3 is 2.58 bits per heavy atom. The van der Waals surface area contributed by atoms with Crippen molar-refractivity contribution in [3.05, 3.63) is 12.2 Å². The van der Waals surface area contributed by atoms with Crippen LogP contribution in [0.15, 0.2) is 17.1 Å². The van der Waals surface area contributed by atoms with Crippen molar-refractivity contribution in [3.8, 4) is 0 Å². The molecule has 1 aliphatic carbocycles. The molecule has 1 aliphatic heterocycles. The molecule has 7 heteroatoms. The first-order valence-electron chi connectivity index (χ1n) is 8.52. The Hall–Kier alpha value is -0.830. The Morgan fingerprint density at radius 1 is 1.38 bits per heavy atom. The molecular formula is C17H32IN5O. The van der Waals surface area contributed by atoms with Gasteiger partial charge in [-0.25, -0.2) is 4.99 Å². The van der Waals surface area contributed by atoms with Crippen molar-refractivity contribution in [2.45, 2.75) is 51.2 Å². The molecule has 2 atom stereocenters. The highest BCUT2D eigenvalue weighted by Gasteiger charge is 2.38. The summed E-state index contributed by atoms with van der Waals surface area (Å²) in [5, 5.41) is 6.76. The molecule has 0 aromatic rings. The fourth-order valence-electron chi connectivity index (χ4n) is 2.94. The van der Waals surface area contributed by atoms with E-state index in [0.29, 0.717) is 24.6 Å². The second-order valence-corrected chi connectivity index (χ2v) is 7.12. The first-order valence-corrected chi connectivity index (χ1v) is 8.52. The number of likely N-dealkylation sites (tertiary alicyclic amines) is 1. The highest BCUT2D eigenvalue weighted by molar-refractivity contribution is 14.0. The van der Waals surface area contributed by atoms with Gasteiger partial charge in [0.15, 0.2) is 5.96 Å². The van der Waals surface area contributed by atoms with Gasteiger partial charge >= 0.3 is 0 Å². The van der Waals surface area contributed by atoms with Gasteiger partial charge in [-0.2, -0.15) is 0 Å². The number of aliphatic imine (C=N–C) groups is 1. The topological polar surface area (TPSA) is 60.0 Å². The number of carbonyl (C=O) groups excluding carboxylic acids is 1. The summed E-state index contributed by atoms with van der Waals surface area (Å²) in [5.41, 5.74) is 1.04. The number of likely N-dealkylation sites (N-methyl/N-ethyl adjacent to an activating group) is 1. The van der Waals surface area contributed by atoms with E-state index < -0.39 is 0 Å². The van der Waals surface area contributed by atoms with Crippen LogP contribution in [0.3, 0.4) is 0 Å². The van der Waals surface area contributed by atoms with Crippen LogP contribution >= 0.6 is 24.0 Å². The summed E-state index contributed by atoms with van der Waals surface area (Å²) in [6, 6.07) is 1.79. The normalized spacial score (nSPS) is 24.2. The van der Waals surface area contributed by atoms with E-state index in [9.17, 15) is 4.79 Å². The summed E-state index contributed by atoms with van der Waals surface area (Å²) in [6.45, 7) is 10.1. The van der Waals surface area contributed by atoms with Crippen LogP contribution in [0, 0.1) is 0 Å². The largest absolute Gasteiger partial charge is 0.353 e. The van der Waals surface area contributed by atoms with Crippen LogP contribution in [0.2, 0.25) is 0 Å². The van der Waals surface area contributed by atoms with E-state index in [1.165, 1.54) is 12.8 Å². The lowest BCUT2D eigenvalue weighted by Gasteiger charge is -2.20. The van der Waals surface area contributed by atoms with Gasteiger partial charge in [-0.3, -0.25) is 9.69 Å². The number of carbonyl (C=O) groups is 1. The van der Waals surface area contributed by atoms with Gasteiger partial charge in [-0.1, -0.05) is 12.2 Å². The Balaban J connectivity index is 0.00000288. The van der Waals surface area contributed by atoms with Crippen molar-refractivity contribution >= 4 is 35.8 Å². The maximum absolute atomic E-state index is 11.8. The van der Waals surface area contributed by atoms with Crippen molar-refractivity contribution in [1.29, 1.82) is 0 Å². The van der Waals surface area contributed by atoms with Gasteiger partial charge in [0.1, 0.15) is 6.54 Å². The third-order valence-electron chi connectivity index (χ3n) is 4.41. The lowest BCUT2D eigenvalue weighted by Crippen LogP contribution is -2.45. The van der Waals surface area contributed by atoms with Gasteiger partial charge < -0.3 is 15.5 Å². The zero-order chi connectivity index (χ0) is 17.0. The third-order valence-corrected chi connectivity index (χ3v) is 4.41. The van der Waals surface area contributed by atoms with E-state index in [0.717, 1.165) is 24.6 Å². The maximum atomic E-state index is 11.8. The lowest BCUT2D eigenvalue weighted by molar-refractivity contribution is -0.127. The molecule has 2 rings (SSSR count). The van der Waals surface area contributed by atoms with E-state index >= 15 is 0 Å². The van der Waals surface area contributed by atoms with Crippen molar-refractivity contribution < 1.29 is 4.79 Å². The minimum atomic E-state index is 0. The summed E-state index contributed by atoms with van der Waals surface area (Å²) in [6.07, 6.45) is 3.79. The summed E-state index contributed by atoms with van der Waals surface area (Å²) < 4.78 is 0. The first-order chi connectivity index (χ1) is 10.9. The van der Waals surface area contributed by atoms with E-state index in [1.807, 2.05) is 6.92 Å². The van der Waals surface area contributed by atoms with Gasteiger partial charge in [-0.15, -0.1) is 24.0 Å². The molecule has 0 aromatic heterocycles. The quantitative estimate of drug-likeness (QED) is 0.279. The third kappa shape index (κ3) is 6.58. The molecule has 24 heavy (non-hydrogen) atoms. The zero-order valence-corrected chi connectivity index (χ0v) is 17.7. The smallest absolute Gasteiger partial charge is 0.243 e. The minimum absolute atomic E-state index is 0. The molecule has 6 nitrogen and oxygen atoms in total. The molecule has 1 saturated carbocycles. The Morgan fingerprint density at radius 2 is 2.04 bits per heavy atom. The standard InChI is InChI=1S/C17H31N5O.HI/c1-12(2)9-18-17(19-10-16(23)21(4)5)20-14-8-13(3)22(11-14)15-6-7-15;/h13-15H,1,6-11H2,2-5H3,(H2,18,19,20);1H. The number of hydrogen-bond acceptors (Lipinski definition) is 3. The highest BCUT2D eigenvalue weighted by Crippen LogP contribution is 2.33. The Labute approximate surface area is 163 Å². The fraction of sp³-hybridized carbons (Fsp3) is 0.765. The SMILES string of the molecule is C=C(C)CNC(=NCC(=O)N(C)C)NC1CC(C)N(C2CC2)C1.I. The molecule has 138 valence electrons. The number of nitrogens with one attached hydrogen (secondary N) is 2. The molecule has 0 bridgehead atoms. The van der Waals surface area contributed by atoms with Crippen LogP contribution in [0.5, 0.6) is 0 Å². The summed E-state index contributed by atoms with van der Waals surface area (Å²) >= 11 is 0. The zero-order valence-electron chi connectivity index (χ0n) is 15.3. The molecule has 1 saturated heterocycles.